The SMILES string of the molecule is O=C(OCc1ccc(F)cc1Cl)c1c2c(nc3ccccc13)/C(=C/c1ccco1)CCC2. The topological polar surface area (TPSA) is 52.3 Å². The Bertz CT molecular complexity index is 1340. The largest absolute Gasteiger partial charge is 0.465 e. The third-order valence-corrected chi connectivity index (χ3v) is 5.96. The van der Waals surface area contributed by atoms with Crippen molar-refractivity contribution in [1.29, 1.82) is 0 Å². The summed E-state index contributed by atoms with van der Waals surface area (Å²) in [4.78, 5) is 18.2. The minimum Gasteiger partial charge on any atom is -0.465 e. The van der Waals surface area contributed by atoms with E-state index in [1.54, 1.807) is 6.26 Å². The lowest BCUT2D eigenvalue weighted by Gasteiger charge is -2.22. The molecule has 0 aliphatic heterocycles. The number of ether oxygens (including phenoxy) is 1. The van der Waals surface area contributed by atoms with Crippen molar-refractivity contribution in [2.45, 2.75) is 25.9 Å². The second kappa shape index (κ2) is 8.60. The van der Waals surface area contributed by atoms with Crippen molar-refractivity contribution >= 4 is 40.1 Å². The number of benzene rings is 2. The van der Waals surface area contributed by atoms with Gasteiger partial charge in [-0.1, -0.05) is 35.9 Å². The summed E-state index contributed by atoms with van der Waals surface area (Å²) in [6, 6.07) is 15.3. The number of esters is 1. The first-order valence-corrected chi connectivity index (χ1v) is 10.7. The number of nitrogens with zero attached hydrogens (tertiary/aromatic N) is 1. The molecule has 2 heterocycles. The molecule has 2 aromatic carbocycles. The highest BCUT2D eigenvalue weighted by Gasteiger charge is 2.26. The Balaban J connectivity index is 1.57. The fourth-order valence-electron chi connectivity index (χ4n) is 4.11. The molecule has 0 saturated heterocycles. The third kappa shape index (κ3) is 3.92. The van der Waals surface area contributed by atoms with Crippen LogP contribution in [0.2, 0.25) is 5.02 Å². The predicted molar refractivity (Wildman–Crippen MR) is 122 cm³/mol. The van der Waals surface area contributed by atoms with Crippen molar-refractivity contribution in [1.82, 2.24) is 4.98 Å². The van der Waals surface area contributed by atoms with Gasteiger partial charge in [0, 0.05) is 10.9 Å². The minimum absolute atomic E-state index is 0.0432. The molecule has 0 bridgehead atoms. The van der Waals surface area contributed by atoms with E-state index in [-0.39, 0.29) is 11.6 Å². The van der Waals surface area contributed by atoms with E-state index in [9.17, 15) is 9.18 Å². The van der Waals surface area contributed by atoms with Crippen molar-refractivity contribution in [2.24, 2.45) is 0 Å². The van der Waals surface area contributed by atoms with Crippen LogP contribution in [0.1, 0.15) is 45.8 Å². The fraction of sp³-hybridized carbons (Fsp3) is 0.154. The molecule has 5 rings (SSSR count). The maximum absolute atomic E-state index is 13.3. The van der Waals surface area contributed by atoms with Crippen molar-refractivity contribution in [2.75, 3.05) is 0 Å². The molecule has 1 aliphatic carbocycles. The van der Waals surface area contributed by atoms with Crippen LogP contribution < -0.4 is 0 Å². The maximum Gasteiger partial charge on any atom is 0.339 e. The van der Waals surface area contributed by atoms with Gasteiger partial charge in [0.15, 0.2) is 0 Å². The molecule has 0 saturated carbocycles. The molecular weight excluding hydrogens is 429 g/mol. The van der Waals surface area contributed by atoms with Gasteiger partial charge in [-0.15, -0.1) is 0 Å². The molecule has 0 unspecified atom stereocenters. The Morgan fingerprint density at radius 3 is 2.84 bits per heavy atom. The normalized spacial score (nSPS) is 14.5. The lowest BCUT2D eigenvalue weighted by atomic mass is 9.86. The van der Waals surface area contributed by atoms with Crippen molar-refractivity contribution in [3.05, 3.63) is 99.8 Å². The number of pyridine rings is 1. The first kappa shape index (κ1) is 20.5. The predicted octanol–water partition coefficient (Wildman–Crippen LogP) is 6.85. The van der Waals surface area contributed by atoms with Gasteiger partial charge in [-0.2, -0.15) is 0 Å². The zero-order valence-electron chi connectivity index (χ0n) is 17.1. The molecule has 0 amide bonds. The van der Waals surface area contributed by atoms with E-state index in [0.29, 0.717) is 11.1 Å². The molecule has 1 aliphatic rings. The zero-order valence-corrected chi connectivity index (χ0v) is 17.9. The van der Waals surface area contributed by atoms with Gasteiger partial charge in [0.25, 0.3) is 0 Å². The standard InChI is InChI=1S/C26H19ClFNO3/c27-22-14-18(28)11-10-17(22)15-32-26(30)24-20-7-1-2-9-23(20)29-25-16(5-3-8-21(24)25)13-19-6-4-12-31-19/h1-2,4,6-7,9-14H,3,5,8,15H2/b16-13+. The van der Waals surface area contributed by atoms with Gasteiger partial charge in [0.1, 0.15) is 18.2 Å². The summed E-state index contributed by atoms with van der Waals surface area (Å²) in [6.07, 6.45) is 6.08. The number of allylic oxidation sites excluding steroid dienone is 1. The van der Waals surface area contributed by atoms with E-state index in [2.05, 4.69) is 0 Å². The fourth-order valence-corrected chi connectivity index (χ4v) is 4.33. The smallest absolute Gasteiger partial charge is 0.339 e. The number of carbonyl (C=O) groups excluding carboxylic acids is 1. The minimum atomic E-state index is -0.445. The molecule has 0 atom stereocenters. The van der Waals surface area contributed by atoms with Crippen LogP contribution in [0, 0.1) is 5.82 Å². The molecule has 2 aromatic heterocycles. The van der Waals surface area contributed by atoms with E-state index in [0.717, 1.165) is 52.8 Å². The van der Waals surface area contributed by atoms with Gasteiger partial charge in [-0.05, 0) is 66.8 Å². The second-order valence-corrected chi connectivity index (χ2v) is 8.09. The lowest BCUT2D eigenvalue weighted by molar-refractivity contribution is 0.0473. The van der Waals surface area contributed by atoms with Gasteiger partial charge >= 0.3 is 5.97 Å². The van der Waals surface area contributed by atoms with Gasteiger partial charge < -0.3 is 9.15 Å². The summed E-state index contributed by atoms with van der Waals surface area (Å²) in [7, 11) is 0. The third-order valence-electron chi connectivity index (χ3n) is 5.61. The summed E-state index contributed by atoms with van der Waals surface area (Å²) in [5.74, 6) is -0.132. The Morgan fingerprint density at radius 2 is 2.03 bits per heavy atom. The highest BCUT2D eigenvalue weighted by atomic mass is 35.5. The van der Waals surface area contributed by atoms with Crippen molar-refractivity contribution in [3.8, 4) is 0 Å². The molecule has 0 radical (unpaired) electrons. The molecule has 4 nitrogen and oxygen atoms in total. The molecule has 32 heavy (non-hydrogen) atoms. The van der Waals surface area contributed by atoms with Gasteiger partial charge in [-0.3, -0.25) is 0 Å². The summed E-state index contributed by atoms with van der Waals surface area (Å²) in [5.41, 5.74) is 4.51. The number of hydrogen-bond acceptors (Lipinski definition) is 4. The highest BCUT2D eigenvalue weighted by Crippen LogP contribution is 2.36. The van der Waals surface area contributed by atoms with Gasteiger partial charge in [0.2, 0.25) is 0 Å². The Morgan fingerprint density at radius 1 is 1.16 bits per heavy atom. The molecule has 4 aromatic rings. The molecule has 0 fully saturated rings. The first-order valence-electron chi connectivity index (χ1n) is 10.4. The zero-order chi connectivity index (χ0) is 22.1. The summed E-state index contributed by atoms with van der Waals surface area (Å²) in [6.45, 7) is -0.0432. The van der Waals surface area contributed by atoms with Crippen molar-refractivity contribution in [3.63, 3.8) is 0 Å². The molecule has 6 heteroatoms. The molecule has 160 valence electrons. The van der Waals surface area contributed by atoms with Crippen LogP contribution in [0.4, 0.5) is 4.39 Å². The maximum atomic E-state index is 13.3. The van der Waals surface area contributed by atoms with Crippen LogP contribution >= 0.6 is 11.6 Å². The van der Waals surface area contributed by atoms with E-state index < -0.39 is 11.8 Å². The Kier molecular flexibility index (Phi) is 5.50. The second-order valence-electron chi connectivity index (χ2n) is 7.68. The summed E-state index contributed by atoms with van der Waals surface area (Å²) >= 11 is 6.10. The number of halogens is 2. The number of furan rings is 1. The monoisotopic (exact) mass is 447 g/mol. The summed E-state index contributed by atoms with van der Waals surface area (Å²) in [5, 5.41) is 0.976. The average molecular weight is 448 g/mol. The van der Waals surface area contributed by atoms with E-state index in [1.807, 2.05) is 42.5 Å². The number of fused-ring (bicyclic) bond motifs is 2. The molecular formula is C26H19ClFNO3. The van der Waals surface area contributed by atoms with Crippen LogP contribution in [0.15, 0.2) is 65.3 Å². The number of hydrogen-bond donors (Lipinski definition) is 0. The average Bonchev–Trinajstić information content (AvgIpc) is 3.30. The number of rotatable bonds is 4. The quantitative estimate of drug-likeness (QED) is 0.321. The lowest BCUT2D eigenvalue weighted by Crippen LogP contribution is -2.15. The Hall–Kier alpha value is -3.44. The van der Waals surface area contributed by atoms with Gasteiger partial charge in [-0.25, -0.2) is 14.2 Å². The molecule has 0 spiro atoms. The van der Waals surface area contributed by atoms with Crippen LogP contribution in [-0.4, -0.2) is 11.0 Å². The van der Waals surface area contributed by atoms with Crippen LogP contribution in [0.25, 0.3) is 22.6 Å². The van der Waals surface area contributed by atoms with Crippen molar-refractivity contribution < 1.29 is 18.3 Å². The highest BCUT2D eigenvalue weighted by molar-refractivity contribution is 6.31. The first-order chi connectivity index (χ1) is 15.6. The van der Waals surface area contributed by atoms with Crippen LogP contribution in [0.3, 0.4) is 0 Å². The van der Waals surface area contributed by atoms with Crippen LogP contribution in [-0.2, 0) is 17.8 Å². The van der Waals surface area contributed by atoms with E-state index in [4.69, 9.17) is 25.7 Å². The number of carbonyl (C=O) groups is 1. The summed E-state index contributed by atoms with van der Waals surface area (Å²) < 4.78 is 24.5. The van der Waals surface area contributed by atoms with E-state index >= 15 is 0 Å². The Labute approximate surface area is 189 Å². The van der Waals surface area contributed by atoms with Crippen LogP contribution in [0.5, 0.6) is 0 Å². The number of aromatic nitrogens is 1. The molecule has 0 N–H and O–H groups in total. The van der Waals surface area contributed by atoms with E-state index in [1.165, 1.54) is 18.2 Å². The van der Waals surface area contributed by atoms with Gasteiger partial charge in [0.05, 0.1) is 28.1 Å². The number of para-hydroxylation sites is 1.